The Morgan fingerprint density at radius 2 is 1.37 bits per heavy atom. The molecule has 0 radical (unpaired) electrons. The molecule has 3 saturated heterocycles. The number of hydrogen-bond acceptors (Lipinski definition) is 2. The maximum Gasteiger partial charge on any atom is 0.0693 e. The van der Waals surface area contributed by atoms with Crippen molar-refractivity contribution in [1.29, 1.82) is 0 Å². The van der Waals surface area contributed by atoms with E-state index in [0.29, 0.717) is 23.9 Å². The van der Waals surface area contributed by atoms with Crippen molar-refractivity contribution in [3.8, 4) is 0 Å². The SMILES string of the molecule is Clc1ccc(C=N[C@@H]2C3CCN(CC3)[C@@H]2C(c2ccccc2)c2ccccc2)cc1. The zero-order chi connectivity index (χ0) is 20.3. The smallest absolute Gasteiger partial charge is 0.0693 e. The van der Waals surface area contributed by atoms with Gasteiger partial charge in [0.05, 0.1) is 6.04 Å². The van der Waals surface area contributed by atoms with Crippen LogP contribution in [0.25, 0.3) is 0 Å². The lowest BCUT2D eigenvalue weighted by Gasteiger charge is -2.52. The minimum atomic E-state index is 0.300. The van der Waals surface area contributed by atoms with E-state index in [9.17, 15) is 0 Å². The Balaban J connectivity index is 1.54. The molecule has 30 heavy (non-hydrogen) atoms. The largest absolute Gasteiger partial charge is 0.297 e. The van der Waals surface area contributed by atoms with Gasteiger partial charge in [0, 0.05) is 23.2 Å². The minimum absolute atomic E-state index is 0.300. The van der Waals surface area contributed by atoms with Gasteiger partial charge >= 0.3 is 0 Å². The van der Waals surface area contributed by atoms with Gasteiger partial charge in [0.25, 0.3) is 0 Å². The zero-order valence-corrected chi connectivity index (χ0v) is 17.8. The first-order valence-electron chi connectivity index (χ1n) is 10.9. The lowest BCUT2D eigenvalue weighted by molar-refractivity contribution is 0.0215. The predicted molar refractivity (Wildman–Crippen MR) is 126 cm³/mol. The summed E-state index contributed by atoms with van der Waals surface area (Å²) < 4.78 is 0. The van der Waals surface area contributed by atoms with E-state index in [1.165, 1.54) is 37.1 Å². The van der Waals surface area contributed by atoms with Crippen LogP contribution in [0, 0.1) is 5.92 Å². The van der Waals surface area contributed by atoms with Crippen LogP contribution in [0.2, 0.25) is 5.02 Å². The Hall–Kier alpha value is -2.42. The van der Waals surface area contributed by atoms with Crippen LogP contribution in [0.4, 0.5) is 0 Å². The van der Waals surface area contributed by atoms with Gasteiger partial charge in [-0.1, -0.05) is 84.4 Å². The number of rotatable bonds is 5. The lowest BCUT2D eigenvalue weighted by Crippen LogP contribution is -2.59. The summed E-state index contributed by atoms with van der Waals surface area (Å²) in [6.45, 7) is 2.36. The Labute approximate surface area is 184 Å². The normalized spacial score (nSPS) is 25.8. The van der Waals surface area contributed by atoms with Gasteiger partial charge in [-0.3, -0.25) is 9.89 Å². The summed E-state index contributed by atoms with van der Waals surface area (Å²) in [5.41, 5.74) is 3.88. The molecule has 3 aromatic rings. The third kappa shape index (κ3) is 3.95. The predicted octanol–water partition coefficient (Wildman–Crippen LogP) is 6.05. The Bertz CT molecular complexity index is 937. The van der Waals surface area contributed by atoms with Gasteiger partial charge in [0.15, 0.2) is 0 Å². The summed E-state index contributed by atoms with van der Waals surface area (Å²) in [5, 5.41) is 0.765. The number of aliphatic imine (C=N–C) groups is 1. The molecule has 0 saturated carbocycles. The van der Waals surface area contributed by atoms with Gasteiger partial charge in [-0.05, 0) is 60.7 Å². The molecule has 2 nitrogen and oxygen atoms in total. The Kier molecular flexibility index (Phi) is 5.70. The average Bonchev–Trinajstić information content (AvgIpc) is 2.82. The molecule has 3 aliphatic rings. The third-order valence-electron chi connectivity index (χ3n) is 6.75. The summed E-state index contributed by atoms with van der Waals surface area (Å²) in [5.74, 6) is 0.973. The molecule has 3 aliphatic heterocycles. The molecule has 0 aromatic heterocycles. The highest BCUT2D eigenvalue weighted by atomic mass is 35.5. The summed E-state index contributed by atoms with van der Waals surface area (Å²) in [7, 11) is 0. The van der Waals surface area contributed by atoms with Crippen LogP contribution in [-0.2, 0) is 0 Å². The van der Waals surface area contributed by atoms with Crippen molar-refractivity contribution >= 4 is 17.8 Å². The maximum absolute atomic E-state index is 6.06. The molecule has 0 unspecified atom stereocenters. The van der Waals surface area contributed by atoms with Crippen LogP contribution in [0.3, 0.4) is 0 Å². The summed E-state index contributed by atoms with van der Waals surface area (Å²) >= 11 is 6.06. The second kappa shape index (κ2) is 8.75. The summed E-state index contributed by atoms with van der Waals surface area (Å²) in [6, 6.07) is 30.6. The second-order valence-electron chi connectivity index (χ2n) is 8.48. The van der Waals surface area contributed by atoms with E-state index in [1.54, 1.807) is 0 Å². The molecule has 3 aromatic carbocycles. The van der Waals surface area contributed by atoms with Gasteiger partial charge in [-0.15, -0.1) is 0 Å². The molecule has 0 spiro atoms. The third-order valence-corrected chi connectivity index (χ3v) is 7.01. The number of benzene rings is 3. The summed E-state index contributed by atoms with van der Waals surface area (Å²) in [4.78, 5) is 7.90. The van der Waals surface area contributed by atoms with E-state index in [2.05, 4.69) is 71.8 Å². The maximum atomic E-state index is 6.06. The molecular weight excluding hydrogens is 388 g/mol. The van der Waals surface area contributed by atoms with Gasteiger partial charge in [0.2, 0.25) is 0 Å². The monoisotopic (exact) mass is 414 g/mol. The molecule has 0 N–H and O–H groups in total. The highest BCUT2D eigenvalue weighted by molar-refractivity contribution is 6.30. The van der Waals surface area contributed by atoms with Crippen LogP contribution in [0.1, 0.15) is 35.4 Å². The van der Waals surface area contributed by atoms with E-state index in [1.807, 2.05) is 24.3 Å². The first-order chi connectivity index (χ1) is 14.8. The fourth-order valence-electron chi connectivity index (χ4n) is 5.30. The lowest BCUT2D eigenvalue weighted by atomic mass is 9.71. The Morgan fingerprint density at radius 1 is 0.800 bits per heavy atom. The zero-order valence-electron chi connectivity index (χ0n) is 17.1. The van der Waals surface area contributed by atoms with Crippen LogP contribution in [-0.4, -0.2) is 36.3 Å². The first kappa shape index (κ1) is 19.5. The van der Waals surface area contributed by atoms with Crippen molar-refractivity contribution < 1.29 is 0 Å². The molecule has 0 aliphatic carbocycles. The van der Waals surface area contributed by atoms with E-state index < -0.39 is 0 Å². The fourth-order valence-corrected chi connectivity index (χ4v) is 5.43. The molecule has 152 valence electrons. The van der Waals surface area contributed by atoms with E-state index in [-0.39, 0.29) is 0 Å². The Morgan fingerprint density at radius 3 is 1.93 bits per heavy atom. The number of halogens is 1. The van der Waals surface area contributed by atoms with Crippen molar-refractivity contribution in [3.63, 3.8) is 0 Å². The number of piperidine rings is 3. The molecule has 3 heteroatoms. The van der Waals surface area contributed by atoms with Crippen molar-refractivity contribution in [1.82, 2.24) is 4.90 Å². The van der Waals surface area contributed by atoms with Gasteiger partial charge < -0.3 is 0 Å². The first-order valence-corrected chi connectivity index (χ1v) is 11.3. The molecule has 3 fully saturated rings. The molecule has 3 heterocycles. The van der Waals surface area contributed by atoms with Crippen LogP contribution in [0.15, 0.2) is 89.9 Å². The van der Waals surface area contributed by atoms with Crippen molar-refractivity contribution in [2.45, 2.75) is 30.8 Å². The highest BCUT2D eigenvalue weighted by Gasteiger charge is 2.46. The fraction of sp³-hybridized carbons (Fsp3) is 0.296. The van der Waals surface area contributed by atoms with Crippen molar-refractivity contribution in [2.75, 3.05) is 13.1 Å². The standard InChI is InChI=1S/C27H27ClN2/c28-24-13-11-20(12-14-24)19-29-26-23-15-17-30(18-16-23)27(26)25(21-7-3-1-4-8-21)22-9-5-2-6-10-22/h1-14,19,23,25-27H,15-18H2/t26-,27-/m1/s1. The van der Waals surface area contributed by atoms with Crippen molar-refractivity contribution in [2.24, 2.45) is 10.9 Å². The molecule has 2 bridgehead atoms. The van der Waals surface area contributed by atoms with Crippen LogP contribution < -0.4 is 0 Å². The van der Waals surface area contributed by atoms with Gasteiger partial charge in [-0.2, -0.15) is 0 Å². The minimum Gasteiger partial charge on any atom is -0.297 e. The van der Waals surface area contributed by atoms with Gasteiger partial charge in [0.1, 0.15) is 0 Å². The van der Waals surface area contributed by atoms with E-state index in [4.69, 9.17) is 16.6 Å². The second-order valence-corrected chi connectivity index (χ2v) is 8.92. The molecule has 2 atom stereocenters. The molecule has 0 amide bonds. The number of hydrogen-bond donors (Lipinski definition) is 0. The molecule has 6 rings (SSSR count). The number of fused-ring (bicyclic) bond motifs is 3. The van der Waals surface area contributed by atoms with Crippen LogP contribution >= 0.6 is 11.6 Å². The quantitative estimate of drug-likeness (QED) is 0.464. The number of nitrogens with zero attached hydrogens (tertiary/aromatic N) is 2. The van der Waals surface area contributed by atoms with E-state index >= 15 is 0 Å². The van der Waals surface area contributed by atoms with Crippen molar-refractivity contribution in [3.05, 3.63) is 107 Å². The van der Waals surface area contributed by atoms with E-state index in [0.717, 1.165) is 10.6 Å². The highest BCUT2D eigenvalue weighted by Crippen LogP contribution is 2.43. The molecular formula is C27H27ClN2. The average molecular weight is 415 g/mol. The van der Waals surface area contributed by atoms with Gasteiger partial charge in [-0.25, -0.2) is 0 Å². The summed E-state index contributed by atoms with van der Waals surface area (Å²) in [6.07, 6.45) is 4.55. The van der Waals surface area contributed by atoms with Crippen LogP contribution in [0.5, 0.6) is 0 Å². The topological polar surface area (TPSA) is 15.6 Å².